The molecule has 2 aromatic rings. The highest BCUT2D eigenvalue weighted by Crippen LogP contribution is 2.08. The first-order valence-corrected chi connectivity index (χ1v) is 7.05. The highest BCUT2D eigenvalue weighted by Gasteiger charge is 2.02. The number of nitrogens with zero attached hydrogens (tertiary/aromatic N) is 1. The third kappa shape index (κ3) is 4.02. The zero-order chi connectivity index (χ0) is 14.4. The first-order chi connectivity index (χ1) is 9.66. The van der Waals surface area contributed by atoms with Crippen LogP contribution >= 0.6 is 0 Å². The number of hydrogen-bond acceptors (Lipinski definition) is 2. The summed E-state index contributed by atoms with van der Waals surface area (Å²) in [5, 5.41) is 0. The van der Waals surface area contributed by atoms with Gasteiger partial charge in [-0.05, 0) is 24.6 Å². The monoisotopic (exact) mass is 269 g/mol. The number of aryl methyl sites for hydroxylation is 1. The lowest BCUT2D eigenvalue weighted by atomic mass is 9.49. The molecule has 3 nitrogen and oxygen atoms in total. The van der Waals surface area contributed by atoms with E-state index in [-0.39, 0.29) is 5.56 Å². The van der Waals surface area contributed by atoms with E-state index in [2.05, 4.69) is 25.8 Å². The van der Waals surface area contributed by atoms with E-state index in [9.17, 15) is 4.79 Å². The fourth-order valence-electron chi connectivity index (χ4n) is 2.02. The maximum absolute atomic E-state index is 11.5. The highest BCUT2D eigenvalue weighted by molar-refractivity contribution is 6.70. The Morgan fingerprint density at radius 3 is 2.50 bits per heavy atom. The fourth-order valence-corrected chi connectivity index (χ4v) is 2.02. The minimum Gasteiger partial charge on any atom is -0.494 e. The quantitative estimate of drug-likeness (QED) is 0.595. The lowest BCUT2D eigenvalue weighted by Gasteiger charge is -2.09. The molecular weight excluding hydrogens is 249 g/mol. The molecule has 0 amide bonds. The minimum atomic E-state index is 0.0359. The van der Waals surface area contributed by atoms with E-state index in [4.69, 9.17) is 4.74 Å². The van der Waals surface area contributed by atoms with Crippen LogP contribution in [0.5, 0.6) is 5.75 Å². The van der Waals surface area contributed by atoms with Gasteiger partial charge in [0.1, 0.15) is 5.75 Å². The van der Waals surface area contributed by atoms with Crippen molar-refractivity contribution in [1.29, 1.82) is 0 Å². The van der Waals surface area contributed by atoms with Crippen molar-refractivity contribution in [3.63, 3.8) is 0 Å². The average molecular weight is 269 g/mol. The second kappa shape index (κ2) is 6.99. The molecule has 0 fully saturated rings. The summed E-state index contributed by atoms with van der Waals surface area (Å²) in [6, 6.07) is 13.4. The molecule has 2 rings (SSSR count). The number of rotatable bonds is 6. The Morgan fingerprint density at radius 2 is 1.85 bits per heavy atom. The van der Waals surface area contributed by atoms with Gasteiger partial charge in [0.2, 0.25) is 5.56 Å². The molecule has 0 spiro atoms. The van der Waals surface area contributed by atoms with E-state index in [1.807, 2.05) is 18.2 Å². The second-order valence-electron chi connectivity index (χ2n) is 5.16. The van der Waals surface area contributed by atoms with Gasteiger partial charge in [-0.1, -0.05) is 37.3 Å². The molecule has 0 unspecified atom stereocenters. The summed E-state index contributed by atoms with van der Waals surface area (Å²) in [6.45, 7) is 6.18. The summed E-state index contributed by atoms with van der Waals surface area (Å²) >= 11 is 0. The Hall–Kier alpha value is -1.97. The Morgan fingerprint density at radius 1 is 1.10 bits per heavy atom. The maximum Gasteiger partial charge on any atom is 0.250 e. The molecule has 0 N–H and O–H groups in total. The van der Waals surface area contributed by atoms with Gasteiger partial charge in [0.05, 0.1) is 6.61 Å². The number of hydrogen-bond donors (Lipinski definition) is 0. The molecule has 0 saturated carbocycles. The molecule has 4 heteroatoms. The van der Waals surface area contributed by atoms with Crippen LogP contribution in [0.25, 0.3) is 0 Å². The standard InChI is InChI=1S/C16H20BNO2/c1-17(2)14-7-9-15(10-8-14)20-13-5-12-18-11-4-3-6-16(18)19/h3-4,6-11H,5,12-13H2,1-2H3. The molecule has 0 aliphatic rings. The molecular formula is C16H20BNO2. The Bertz CT molecular complexity index is 590. The predicted octanol–water partition coefficient (Wildman–Crippen LogP) is 2.28. The summed E-state index contributed by atoms with van der Waals surface area (Å²) in [6.07, 6.45) is 2.62. The molecule has 104 valence electrons. The van der Waals surface area contributed by atoms with Crippen LogP contribution in [-0.4, -0.2) is 17.9 Å². The van der Waals surface area contributed by atoms with Gasteiger partial charge in [-0.2, -0.15) is 0 Å². The van der Waals surface area contributed by atoms with Gasteiger partial charge >= 0.3 is 0 Å². The molecule has 20 heavy (non-hydrogen) atoms. The summed E-state index contributed by atoms with van der Waals surface area (Å²) in [5.41, 5.74) is 1.35. The van der Waals surface area contributed by atoms with Crippen molar-refractivity contribution in [2.45, 2.75) is 26.6 Å². The number of aromatic nitrogens is 1. The number of pyridine rings is 1. The summed E-state index contributed by atoms with van der Waals surface area (Å²) in [4.78, 5) is 11.5. The lowest BCUT2D eigenvalue weighted by Crippen LogP contribution is -2.21. The van der Waals surface area contributed by atoms with Crippen molar-refractivity contribution >= 4 is 12.2 Å². The van der Waals surface area contributed by atoms with Crippen LogP contribution in [0.15, 0.2) is 53.5 Å². The maximum atomic E-state index is 11.5. The third-order valence-electron chi connectivity index (χ3n) is 3.26. The van der Waals surface area contributed by atoms with Gasteiger partial charge in [-0.3, -0.25) is 4.79 Å². The van der Waals surface area contributed by atoms with E-state index in [1.165, 1.54) is 5.46 Å². The van der Waals surface area contributed by atoms with E-state index < -0.39 is 0 Å². The normalized spacial score (nSPS) is 10.3. The van der Waals surface area contributed by atoms with Crippen LogP contribution in [0.4, 0.5) is 0 Å². The molecule has 1 aromatic heterocycles. The minimum absolute atomic E-state index is 0.0359. The Labute approximate surface area is 120 Å². The summed E-state index contributed by atoms with van der Waals surface area (Å²) < 4.78 is 7.39. The predicted molar refractivity (Wildman–Crippen MR) is 84.4 cm³/mol. The van der Waals surface area contributed by atoms with Gasteiger partial charge in [-0.25, -0.2) is 0 Å². The van der Waals surface area contributed by atoms with Gasteiger partial charge in [0.15, 0.2) is 6.71 Å². The topological polar surface area (TPSA) is 31.2 Å². The molecule has 1 aromatic carbocycles. The van der Waals surface area contributed by atoms with Crippen LogP contribution in [0.3, 0.4) is 0 Å². The molecule has 1 heterocycles. The van der Waals surface area contributed by atoms with Crippen molar-refractivity contribution < 1.29 is 4.74 Å². The van der Waals surface area contributed by atoms with E-state index >= 15 is 0 Å². The van der Waals surface area contributed by atoms with Crippen molar-refractivity contribution in [1.82, 2.24) is 4.57 Å². The van der Waals surface area contributed by atoms with Crippen molar-refractivity contribution in [2.75, 3.05) is 6.61 Å². The smallest absolute Gasteiger partial charge is 0.250 e. The van der Waals surface area contributed by atoms with Crippen molar-refractivity contribution in [3.05, 3.63) is 59.0 Å². The number of benzene rings is 1. The second-order valence-corrected chi connectivity index (χ2v) is 5.16. The largest absolute Gasteiger partial charge is 0.494 e. The molecule has 0 aliphatic carbocycles. The highest BCUT2D eigenvalue weighted by atomic mass is 16.5. The number of ether oxygens (including phenoxy) is 1. The van der Waals surface area contributed by atoms with Crippen LogP contribution in [0.1, 0.15) is 6.42 Å². The zero-order valence-electron chi connectivity index (χ0n) is 12.1. The zero-order valence-corrected chi connectivity index (χ0v) is 12.1. The van der Waals surface area contributed by atoms with E-state index in [1.54, 1.807) is 22.9 Å². The Kier molecular flexibility index (Phi) is 5.05. The molecule has 0 aliphatic heterocycles. The molecule has 0 atom stereocenters. The third-order valence-corrected chi connectivity index (χ3v) is 3.26. The van der Waals surface area contributed by atoms with Crippen molar-refractivity contribution in [3.8, 4) is 5.75 Å². The summed E-state index contributed by atoms with van der Waals surface area (Å²) in [5.74, 6) is 0.884. The molecule has 0 radical (unpaired) electrons. The molecule has 0 saturated heterocycles. The first-order valence-electron chi connectivity index (χ1n) is 7.05. The van der Waals surface area contributed by atoms with Gasteiger partial charge in [-0.15, -0.1) is 0 Å². The van der Waals surface area contributed by atoms with Gasteiger partial charge in [0.25, 0.3) is 0 Å². The first kappa shape index (κ1) is 14.4. The SMILES string of the molecule is CB(C)c1ccc(OCCCn2ccccc2=O)cc1. The van der Waals surface area contributed by atoms with Crippen LogP contribution in [0.2, 0.25) is 13.6 Å². The average Bonchev–Trinajstić information content (AvgIpc) is 2.46. The van der Waals surface area contributed by atoms with E-state index in [0.29, 0.717) is 19.9 Å². The van der Waals surface area contributed by atoms with Crippen LogP contribution < -0.4 is 15.8 Å². The van der Waals surface area contributed by atoms with Gasteiger partial charge in [0, 0.05) is 18.8 Å². The van der Waals surface area contributed by atoms with Crippen LogP contribution in [-0.2, 0) is 6.54 Å². The van der Waals surface area contributed by atoms with Gasteiger partial charge < -0.3 is 9.30 Å². The van der Waals surface area contributed by atoms with Crippen LogP contribution in [0, 0.1) is 0 Å². The fraction of sp³-hybridized carbons (Fsp3) is 0.312. The van der Waals surface area contributed by atoms with Crippen molar-refractivity contribution in [2.24, 2.45) is 0 Å². The molecule has 0 bridgehead atoms. The summed E-state index contributed by atoms with van der Waals surface area (Å²) in [7, 11) is 0. The van der Waals surface area contributed by atoms with E-state index in [0.717, 1.165) is 12.2 Å². The lowest BCUT2D eigenvalue weighted by molar-refractivity contribution is 0.301. The Balaban J connectivity index is 1.79.